The molecule has 0 atom stereocenters. The summed E-state index contributed by atoms with van der Waals surface area (Å²) in [6, 6.07) is 0. The second-order valence-corrected chi connectivity index (χ2v) is 2.59. The van der Waals surface area contributed by atoms with E-state index in [1.807, 2.05) is 0 Å². The maximum Gasteiger partial charge on any atom is 0.423 e. The predicted molar refractivity (Wildman–Crippen MR) is 41.0 cm³/mol. The van der Waals surface area contributed by atoms with Gasteiger partial charge in [0.1, 0.15) is 0 Å². The van der Waals surface area contributed by atoms with Crippen molar-refractivity contribution in [3.63, 3.8) is 0 Å². The Morgan fingerprint density at radius 1 is 1.45 bits per heavy atom. The van der Waals surface area contributed by atoms with Gasteiger partial charge in [-0.2, -0.15) is 0 Å². The molecule has 0 aliphatic carbocycles. The van der Waals surface area contributed by atoms with Crippen LogP contribution in [0.2, 0.25) is 0 Å². The van der Waals surface area contributed by atoms with Gasteiger partial charge in [0.2, 0.25) is 0 Å². The van der Waals surface area contributed by atoms with Crippen LogP contribution in [-0.2, 0) is 4.74 Å². The zero-order chi connectivity index (χ0) is 8.10. The summed E-state index contributed by atoms with van der Waals surface area (Å²) >= 11 is 0. The largest absolute Gasteiger partial charge is 0.452 e. The molecule has 1 aliphatic rings. The van der Waals surface area contributed by atoms with E-state index in [0.717, 1.165) is 25.9 Å². The Bertz CT molecular complexity index is 130. The number of hydrogen-bond donors (Lipinski definition) is 1. The summed E-state index contributed by atoms with van der Waals surface area (Å²) in [6.07, 6.45) is 3.09. The first-order valence-electron chi connectivity index (χ1n) is 3.93. The average Bonchev–Trinajstić information content (AvgIpc) is 2.30. The van der Waals surface area contributed by atoms with Gasteiger partial charge < -0.3 is 4.74 Å². The number of carbonyl (C=O) groups is 1. The van der Waals surface area contributed by atoms with E-state index in [4.69, 9.17) is 0 Å². The molecule has 11 heavy (non-hydrogen) atoms. The number of amides is 1. The van der Waals surface area contributed by atoms with Gasteiger partial charge in [0.15, 0.2) is 0 Å². The Morgan fingerprint density at radius 3 is 3.00 bits per heavy atom. The highest BCUT2D eigenvalue weighted by Gasteiger charge is 2.14. The molecule has 0 aromatic carbocycles. The summed E-state index contributed by atoms with van der Waals surface area (Å²) in [5.41, 5.74) is 2.99. The molecular weight excluding hydrogens is 144 g/mol. The van der Waals surface area contributed by atoms with E-state index >= 15 is 0 Å². The van der Waals surface area contributed by atoms with Gasteiger partial charge in [-0.15, -0.1) is 0 Å². The van der Waals surface area contributed by atoms with Crippen molar-refractivity contribution in [2.75, 3.05) is 20.2 Å². The minimum absolute atomic E-state index is 0.285. The molecule has 1 aliphatic heterocycles. The van der Waals surface area contributed by atoms with Gasteiger partial charge in [-0.1, -0.05) is 6.42 Å². The van der Waals surface area contributed by atoms with E-state index in [-0.39, 0.29) is 6.09 Å². The molecular formula is C7H14N2O2. The maximum atomic E-state index is 11.0. The molecule has 1 rings (SSSR count). The predicted octanol–water partition coefficient (Wildman–Crippen LogP) is 0.743. The van der Waals surface area contributed by atoms with Gasteiger partial charge in [-0.3, -0.25) is 0 Å². The maximum absolute atomic E-state index is 11.0. The van der Waals surface area contributed by atoms with Crippen LogP contribution in [-0.4, -0.2) is 31.3 Å². The van der Waals surface area contributed by atoms with Crippen LogP contribution < -0.4 is 5.43 Å². The Labute approximate surface area is 66.5 Å². The fourth-order valence-electron chi connectivity index (χ4n) is 1.13. The van der Waals surface area contributed by atoms with E-state index in [2.05, 4.69) is 10.2 Å². The lowest BCUT2D eigenvalue weighted by Gasteiger charge is -2.18. The zero-order valence-corrected chi connectivity index (χ0v) is 6.80. The van der Waals surface area contributed by atoms with Crippen molar-refractivity contribution in [2.45, 2.75) is 19.3 Å². The van der Waals surface area contributed by atoms with Crippen LogP contribution in [0, 0.1) is 0 Å². The minimum Gasteiger partial charge on any atom is -0.452 e. The van der Waals surface area contributed by atoms with Crippen LogP contribution >= 0.6 is 0 Å². The zero-order valence-electron chi connectivity index (χ0n) is 6.80. The average molecular weight is 158 g/mol. The third-order valence-electron chi connectivity index (χ3n) is 1.76. The van der Waals surface area contributed by atoms with Crippen molar-refractivity contribution in [3.05, 3.63) is 0 Å². The normalized spacial score (nSPS) is 19.2. The second kappa shape index (κ2) is 4.18. The third-order valence-corrected chi connectivity index (χ3v) is 1.76. The molecule has 0 aromatic rings. The molecule has 1 N–H and O–H groups in total. The lowest BCUT2D eigenvalue weighted by molar-refractivity contribution is 0.104. The lowest BCUT2D eigenvalue weighted by Crippen LogP contribution is -2.42. The summed E-state index contributed by atoms with van der Waals surface area (Å²) in [5.74, 6) is 0. The molecule has 0 saturated carbocycles. The fraction of sp³-hybridized carbons (Fsp3) is 0.857. The van der Waals surface area contributed by atoms with Gasteiger partial charge >= 0.3 is 6.09 Å². The summed E-state index contributed by atoms with van der Waals surface area (Å²) in [6.45, 7) is 1.63. The van der Waals surface area contributed by atoms with Crippen molar-refractivity contribution in [3.8, 4) is 0 Å². The summed E-state index contributed by atoms with van der Waals surface area (Å²) in [4.78, 5) is 11.0. The van der Waals surface area contributed by atoms with E-state index in [9.17, 15) is 4.79 Å². The molecule has 4 heteroatoms. The highest BCUT2D eigenvalue weighted by molar-refractivity contribution is 5.66. The van der Waals surface area contributed by atoms with Gasteiger partial charge in [0.05, 0.1) is 7.11 Å². The molecule has 0 bridgehead atoms. The van der Waals surface area contributed by atoms with Gasteiger partial charge in [-0.05, 0) is 12.8 Å². The Morgan fingerprint density at radius 2 is 2.27 bits per heavy atom. The van der Waals surface area contributed by atoms with Crippen molar-refractivity contribution in [1.82, 2.24) is 10.4 Å². The van der Waals surface area contributed by atoms with Gasteiger partial charge in [0, 0.05) is 13.1 Å². The molecule has 0 unspecified atom stereocenters. The number of methoxy groups -OCH3 is 1. The second-order valence-electron chi connectivity index (χ2n) is 2.59. The molecule has 1 saturated heterocycles. The van der Waals surface area contributed by atoms with Crippen molar-refractivity contribution < 1.29 is 9.53 Å². The SMILES string of the molecule is COC(=O)N1CCCCCN1. The van der Waals surface area contributed by atoms with Crippen LogP contribution in [0.15, 0.2) is 0 Å². The molecule has 0 aromatic heterocycles. The highest BCUT2D eigenvalue weighted by atomic mass is 16.5. The summed E-state index contributed by atoms with van der Waals surface area (Å²) < 4.78 is 4.57. The number of carbonyl (C=O) groups excluding carboxylic acids is 1. The quantitative estimate of drug-likeness (QED) is 0.565. The molecule has 1 heterocycles. The van der Waals surface area contributed by atoms with Crippen molar-refractivity contribution in [1.29, 1.82) is 0 Å². The van der Waals surface area contributed by atoms with Crippen LogP contribution in [0.5, 0.6) is 0 Å². The summed E-state index contributed by atoms with van der Waals surface area (Å²) in [5, 5.41) is 1.53. The molecule has 0 spiro atoms. The fourth-order valence-corrected chi connectivity index (χ4v) is 1.13. The number of hydrazine groups is 1. The van der Waals surface area contributed by atoms with Crippen LogP contribution in [0.1, 0.15) is 19.3 Å². The molecule has 0 radical (unpaired) electrons. The molecule has 1 amide bonds. The topological polar surface area (TPSA) is 41.6 Å². The Kier molecular flexibility index (Phi) is 3.16. The van der Waals surface area contributed by atoms with E-state index < -0.39 is 0 Å². The standard InChI is InChI=1S/C7H14N2O2/c1-11-7(10)9-6-4-2-3-5-8-9/h8H,2-6H2,1H3. The number of rotatable bonds is 0. The Hall–Kier alpha value is -0.770. The first-order chi connectivity index (χ1) is 5.34. The van der Waals surface area contributed by atoms with Crippen molar-refractivity contribution in [2.24, 2.45) is 0 Å². The van der Waals surface area contributed by atoms with E-state index in [0.29, 0.717) is 0 Å². The van der Waals surface area contributed by atoms with Gasteiger partial charge in [-0.25, -0.2) is 15.2 Å². The molecule has 64 valence electrons. The number of nitrogens with one attached hydrogen (secondary N) is 1. The molecule has 4 nitrogen and oxygen atoms in total. The number of ether oxygens (including phenoxy) is 1. The highest BCUT2D eigenvalue weighted by Crippen LogP contribution is 2.02. The first-order valence-corrected chi connectivity index (χ1v) is 3.93. The number of hydrogen-bond acceptors (Lipinski definition) is 3. The van der Waals surface area contributed by atoms with Gasteiger partial charge in [0.25, 0.3) is 0 Å². The third kappa shape index (κ3) is 2.38. The van der Waals surface area contributed by atoms with Crippen LogP contribution in [0.3, 0.4) is 0 Å². The minimum atomic E-state index is -0.285. The monoisotopic (exact) mass is 158 g/mol. The molecule has 1 fully saturated rings. The lowest BCUT2D eigenvalue weighted by atomic mass is 10.2. The van der Waals surface area contributed by atoms with Crippen LogP contribution in [0.25, 0.3) is 0 Å². The van der Waals surface area contributed by atoms with E-state index in [1.165, 1.54) is 18.5 Å². The van der Waals surface area contributed by atoms with E-state index in [1.54, 1.807) is 0 Å². The van der Waals surface area contributed by atoms with Crippen LogP contribution in [0.4, 0.5) is 4.79 Å². The Balaban J connectivity index is 2.36. The summed E-state index contributed by atoms with van der Waals surface area (Å²) in [7, 11) is 1.40. The smallest absolute Gasteiger partial charge is 0.423 e. The first kappa shape index (κ1) is 8.33. The number of nitrogens with zero attached hydrogens (tertiary/aromatic N) is 1. The van der Waals surface area contributed by atoms with Crippen molar-refractivity contribution >= 4 is 6.09 Å².